The van der Waals surface area contributed by atoms with E-state index in [2.05, 4.69) is 0 Å². The van der Waals surface area contributed by atoms with Gasteiger partial charge in [0.1, 0.15) is 12.0 Å². The Bertz CT molecular complexity index is 267. The number of nitrogens with two attached hydrogens (primary N) is 1. The summed E-state index contributed by atoms with van der Waals surface area (Å²) < 4.78 is 13.4. The minimum Gasteiger partial charge on any atom is -0.393 e. The summed E-state index contributed by atoms with van der Waals surface area (Å²) in [7, 11) is 0. The fourth-order valence-corrected chi connectivity index (χ4v) is 1.76. The number of nitrogens with zero attached hydrogens (tertiary/aromatic N) is 1. The lowest BCUT2D eigenvalue weighted by atomic mass is 9.97. The first-order chi connectivity index (χ1) is 7.04. The van der Waals surface area contributed by atoms with Crippen LogP contribution < -0.4 is 5.73 Å². The number of amidine groups is 1. The third-order valence-corrected chi connectivity index (χ3v) is 3.31. The summed E-state index contributed by atoms with van der Waals surface area (Å²) in [6.07, 6.45) is 3.42. The van der Waals surface area contributed by atoms with Crippen LogP contribution >= 0.6 is 11.8 Å². The fourth-order valence-electron chi connectivity index (χ4n) is 1.53. The van der Waals surface area contributed by atoms with Gasteiger partial charge < -0.3 is 10.6 Å². The van der Waals surface area contributed by atoms with Crippen LogP contribution in [-0.4, -0.2) is 36.3 Å². The number of halogens is 1. The largest absolute Gasteiger partial charge is 0.393 e. The first kappa shape index (κ1) is 12.4. The molecule has 0 aromatic carbocycles. The predicted molar refractivity (Wildman–Crippen MR) is 63.8 cm³/mol. The molecule has 2 atom stereocenters. The van der Waals surface area contributed by atoms with Gasteiger partial charge in [-0.3, -0.25) is 5.41 Å². The molecule has 3 nitrogen and oxygen atoms in total. The average molecular weight is 231 g/mol. The summed E-state index contributed by atoms with van der Waals surface area (Å²) in [5, 5.41) is 8.35. The third kappa shape index (κ3) is 3.41. The number of hydrogen-bond donors (Lipinski definition) is 2. The molecule has 0 aliphatic carbocycles. The molecule has 15 heavy (non-hydrogen) atoms. The Labute approximate surface area is 94.4 Å². The molecule has 1 heterocycles. The quantitative estimate of drug-likeness (QED) is 0.563. The standard InChI is InChI=1S/C10H18FN3S/c1-7-3-4-14(6-8(7)11)9(12)5-10(13)15-2/h5,7-8,12H,3-4,6,13H2,1-2H3/b10-5+,12-9?/t7-,8+/m0/s1. The Kier molecular flexibility index (Phi) is 4.45. The van der Waals surface area contributed by atoms with E-state index in [-0.39, 0.29) is 5.92 Å². The van der Waals surface area contributed by atoms with Crippen molar-refractivity contribution in [1.29, 1.82) is 5.41 Å². The summed E-state index contributed by atoms with van der Waals surface area (Å²) in [6, 6.07) is 0. The molecule has 3 N–H and O–H groups in total. The number of likely N-dealkylation sites (tertiary alicyclic amines) is 1. The van der Waals surface area contributed by atoms with Crippen molar-refractivity contribution < 1.29 is 4.39 Å². The van der Waals surface area contributed by atoms with E-state index in [1.54, 1.807) is 11.0 Å². The molecule has 1 aliphatic rings. The average Bonchev–Trinajstić information content (AvgIpc) is 2.21. The van der Waals surface area contributed by atoms with Crippen LogP contribution in [-0.2, 0) is 0 Å². The highest BCUT2D eigenvalue weighted by Crippen LogP contribution is 2.20. The van der Waals surface area contributed by atoms with Crippen LogP contribution in [0, 0.1) is 11.3 Å². The van der Waals surface area contributed by atoms with Gasteiger partial charge in [-0.05, 0) is 18.6 Å². The molecule has 1 rings (SSSR count). The first-order valence-electron chi connectivity index (χ1n) is 5.03. The van der Waals surface area contributed by atoms with Gasteiger partial charge in [0, 0.05) is 12.6 Å². The SMILES string of the molecule is CS/C(N)=C/C(=N)N1CC[C@H](C)[C@H](F)C1. The molecule has 0 radical (unpaired) electrons. The number of thioether (sulfide) groups is 1. The van der Waals surface area contributed by atoms with Crippen molar-refractivity contribution in [2.75, 3.05) is 19.3 Å². The molecule has 0 saturated carbocycles. The zero-order chi connectivity index (χ0) is 11.4. The number of piperidine rings is 1. The van der Waals surface area contributed by atoms with Gasteiger partial charge in [-0.15, -0.1) is 11.8 Å². The van der Waals surface area contributed by atoms with E-state index in [0.29, 0.717) is 17.4 Å². The monoisotopic (exact) mass is 231 g/mol. The van der Waals surface area contributed by atoms with Gasteiger partial charge in [0.05, 0.1) is 11.6 Å². The van der Waals surface area contributed by atoms with Gasteiger partial charge in [-0.2, -0.15) is 0 Å². The Balaban J connectivity index is 2.55. The number of nitrogens with one attached hydrogen (secondary N) is 1. The molecule has 0 unspecified atom stereocenters. The lowest BCUT2D eigenvalue weighted by Crippen LogP contribution is -2.43. The van der Waals surface area contributed by atoms with Gasteiger partial charge in [0.25, 0.3) is 0 Å². The molecule has 0 aromatic rings. The number of hydrogen-bond acceptors (Lipinski definition) is 3. The molecular weight excluding hydrogens is 213 g/mol. The lowest BCUT2D eigenvalue weighted by molar-refractivity contribution is 0.137. The first-order valence-corrected chi connectivity index (χ1v) is 6.25. The van der Waals surface area contributed by atoms with E-state index >= 15 is 0 Å². The summed E-state index contributed by atoms with van der Waals surface area (Å²) in [4.78, 5) is 1.74. The molecule has 5 heteroatoms. The second-order valence-corrected chi connectivity index (χ2v) is 4.74. The van der Waals surface area contributed by atoms with Crippen LogP contribution in [0.2, 0.25) is 0 Å². The smallest absolute Gasteiger partial charge is 0.123 e. The highest BCUT2D eigenvalue weighted by atomic mass is 32.2. The normalized spacial score (nSPS) is 27.9. The maximum atomic E-state index is 13.4. The highest BCUT2D eigenvalue weighted by molar-refractivity contribution is 8.02. The third-order valence-electron chi connectivity index (χ3n) is 2.72. The van der Waals surface area contributed by atoms with Crippen molar-refractivity contribution in [2.24, 2.45) is 11.7 Å². The summed E-state index contributed by atoms with van der Waals surface area (Å²) >= 11 is 1.40. The fraction of sp³-hybridized carbons (Fsp3) is 0.700. The van der Waals surface area contributed by atoms with Crippen molar-refractivity contribution in [3.8, 4) is 0 Å². The van der Waals surface area contributed by atoms with Crippen LogP contribution in [0.5, 0.6) is 0 Å². The maximum absolute atomic E-state index is 13.4. The molecule has 86 valence electrons. The van der Waals surface area contributed by atoms with Crippen molar-refractivity contribution in [3.63, 3.8) is 0 Å². The minimum atomic E-state index is -0.831. The Hall–Kier alpha value is -0.710. The van der Waals surface area contributed by atoms with E-state index in [1.807, 2.05) is 13.2 Å². The Morgan fingerprint density at radius 3 is 2.87 bits per heavy atom. The van der Waals surface area contributed by atoms with E-state index < -0.39 is 6.17 Å². The maximum Gasteiger partial charge on any atom is 0.123 e. The molecule has 0 amide bonds. The van der Waals surface area contributed by atoms with E-state index in [4.69, 9.17) is 11.1 Å². The van der Waals surface area contributed by atoms with Crippen molar-refractivity contribution in [1.82, 2.24) is 4.90 Å². The van der Waals surface area contributed by atoms with E-state index in [9.17, 15) is 4.39 Å². The van der Waals surface area contributed by atoms with Crippen LogP contribution in [0.25, 0.3) is 0 Å². The summed E-state index contributed by atoms with van der Waals surface area (Å²) in [5.41, 5.74) is 5.61. The molecule has 0 aromatic heterocycles. The number of alkyl halides is 1. The van der Waals surface area contributed by atoms with Crippen LogP contribution in [0.1, 0.15) is 13.3 Å². The zero-order valence-corrected chi connectivity index (χ0v) is 9.98. The second-order valence-electron chi connectivity index (χ2n) is 3.86. The molecule has 1 fully saturated rings. The molecule has 0 bridgehead atoms. The van der Waals surface area contributed by atoms with Crippen molar-refractivity contribution >= 4 is 17.6 Å². The van der Waals surface area contributed by atoms with Crippen LogP contribution in [0.15, 0.2) is 11.1 Å². The van der Waals surface area contributed by atoms with E-state index in [1.165, 1.54) is 11.8 Å². The molecule has 1 aliphatic heterocycles. The van der Waals surface area contributed by atoms with Crippen LogP contribution in [0.3, 0.4) is 0 Å². The van der Waals surface area contributed by atoms with Gasteiger partial charge in [0.15, 0.2) is 0 Å². The Morgan fingerprint density at radius 1 is 1.67 bits per heavy atom. The topological polar surface area (TPSA) is 53.1 Å². The molecule has 0 spiro atoms. The van der Waals surface area contributed by atoms with Gasteiger partial charge in [-0.1, -0.05) is 6.92 Å². The molecule has 1 saturated heterocycles. The minimum absolute atomic E-state index is 0.107. The second kappa shape index (κ2) is 5.39. The molecular formula is C10H18FN3S. The van der Waals surface area contributed by atoms with Crippen molar-refractivity contribution in [3.05, 3.63) is 11.1 Å². The Morgan fingerprint density at radius 2 is 2.33 bits per heavy atom. The highest BCUT2D eigenvalue weighted by Gasteiger charge is 2.26. The van der Waals surface area contributed by atoms with Gasteiger partial charge >= 0.3 is 0 Å². The lowest BCUT2D eigenvalue weighted by Gasteiger charge is -2.33. The van der Waals surface area contributed by atoms with Crippen molar-refractivity contribution in [2.45, 2.75) is 19.5 Å². The summed E-state index contributed by atoms with van der Waals surface area (Å²) in [5.74, 6) is 0.423. The van der Waals surface area contributed by atoms with Gasteiger partial charge in [0.2, 0.25) is 0 Å². The zero-order valence-electron chi connectivity index (χ0n) is 9.16. The predicted octanol–water partition coefficient (Wildman–Crippen LogP) is 1.81. The van der Waals surface area contributed by atoms with Crippen LogP contribution in [0.4, 0.5) is 4.39 Å². The van der Waals surface area contributed by atoms with E-state index in [0.717, 1.165) is 13.0 Å². The number of rotatable bonds is 2. The van der Waals surface area contributed by atoms with Gasteiger partial charge in [-0.25, -0.2) is 4.39 Å². The summed E-state index contributed by atoms with van der Waals surface area (Å²) in [6.45, 7) is 2.98.